The zero-order valence-corrected chi connectivity index (χ0v) is 12.3. The molecule has 1 aliphatic carbocycles. The van der Waals surface area contributed by atoms with E-state index < -0.39 is 11.8 Å². The van der Waals surface area contributed by atoms with E-state index >= 15 is 0 Å². The second-order valence-electron chi connectivity index (χ2n) is 5.24. The van der Waals surface area contributed by atoms with E-state index in [-0.39, 0.29) is 5.56 Å². The number of benzene rings is 1. The van der Waals surface area contributed by atoms with Crippen LogP contribution in [0.15, 0.2) is 29.6 Å². The summed E-state index contributed by atoms with van der Waals surface area (Å²) < 4.78 is 13.6. The Morgan fingerprint density at radius 2 is 2.29 bits per heavy atom. The Morgan fingerprint density at radius 3 is 3.05 bits per heavy atom. The molecule has 0 amide bonds. The van der Waals surface area contributed by atoms with Gasteiger partial charge in [-0.2, -0.15) is 0 Å². The molecule has 0 spiro atoms. The fraction of sp³-hybridized carbons (Fsp3) is 0.312. The predicted molar refractivity (Wildman–Crippen MR) is 80.2 cm³/mol. The minimum Gasteiger partial charge on any atom is -0.478 e. The van der Waals surface area contributed by atoms with Gasteiger partial charge in [-0.1, -0.05) is 6.07 Å². The van der Waals surface area contributed by atoms with Gasteiger partial charge in [0.1, 0.15) is 5.82 Å². The summed E-state index contributed by atoms with van der Waals surface area (Å²) in [6.45, 7) is 0.538. The Balaban J connectivity index is 1.69. The molecule has 2 N–H and O–H groups in total. The predicted octanol–water partition coefficient (Wildman–Crippen LogP) is 3.75. The number of thiophene rings is 1. The van der Waals surface area contributed by atoms with Crippen molar-refractivity contribution in [2.24, 2.45) is 0 Å². The molecule has 1 aromatic heterocycles. The third kappa shape index (κ3) is 2.99. The summed E-state index contributed by atoms with van der Waals surface area (Å²) in [7, 11) is 0. The van der Waals surface area contributed by atoms with Gasteiger partial charge in [0.2, 0.25) is 0 Å². The maximum atomic E-state index is 13.6. The van der Waals surface area contributed by atoms with Crippen LogP contribution in [0.1, 0.15) is 45.2 Å². The third-order valence-electron chi connectivity index (χ3n) is 3.87. The van der Waals surface area contributed by atoms with Gasteiger partial charge in [0, 0.05) is 17.5 Å². The summed E-state index contributed by atoms with van der Waals surface area (Å²) in [5.74, 6) is -1.91. The maximum Gasteiger partial charge on any atom is 0.338 e. The summed E-state index contributed by atoms with van der Waals surface area (Å²) in [5, 5.41) is 14.4. The van der Waals surface area contributed by atoms with Crippen molar-refractivity contribution in [3.05, 3.63) is 57.0 Å². The molecule has 0 saturated carbocycles. The average molecular weight is 305 g/mol. The maximum absolute atomic E-state index is 13.6. The normalized spacial score (nSPS) is 17.5. The standard InChI is InChI=1S/C16H16FNO2S/c17-13-8-10(4-5-11(13)16(19)20)9-18-14-2-1-3-15-12(14)6-7-21-15/h4-8,14,18H,1-3,9H2,(H,19,20). The molecule has 0 aliphatic heterocycles. The Morgan fingerprint density at radius 1 is 1.43 bits per heavy atom. The van der Waals surface area contributed by atoms with Crippen LogP contribution in [0.5, 0.6) is 0 Å². The molecule has 1 aliphatic rings. The van der Waals surface area contributed by atoms with Crippen LogP contribution in [-0.2, 0) is 13.0 Å². The summed E-state index contributed by atoms with van der Waals surface area (Å²) in [5.41, 5.74) is 1.84. The molecular weight excluding hydrogens is 289 g/mol. The highest BCUT2D eigenvalue weighted by Gasteiger charge is 2.20. The van der Waals surface area contributed by atoms with Crippen LogP contribution < -0.4 is 5.32 Å². The smallest absolute Gasteiger partial charge is 0.338 e. The van der Waals surface area contributed by atoms with E-state index in [1.54, 1.807) is 17.4 Å². The van der Waals surface area contributed by atoms with Crippen molar-refractivity contribution in [3.8, 4) is 0 Å². The fourth-order valence-corrected chi connectivity index (χ4v) is 3.77. The molecule has 2 aromatic rings. The van der Waals surface area contributed by atoms with Crippen LogP contribution in [0.4, 0.5) is 4.39 Å². The highest BCUT2D eigenvalue weighted by molar-refractivity contribution is 7.10. The Bertz CT molecular complexity index is 668. The summed E-state index contributed by atoms with van der Waals surface area (Å²) in [6.07, 6.45) is 3.39. The molecule has 0 bridgehead atoms. The van der Waals surface area contributed by atoms with Crippen molar-refractivity contribution < 1.29 is 14.3 Å². The first-order valence-corrected chi connectivity index (χ1v) is 7.84. The number of hydrogen-bond donors (Lipinski definition) is 2. The minimum absolute atomic E-state index is 0.281. The van der Waals surface area contributed by atoms with E-state index in [1.807, 2.05) is 0 Å². The number of aromatic carboxylic acids is 1. The highest BCUT2D eigenvalue weighted by atomic mass is 32.1. The lowest BCUT2D eigenvalue weighted by atomic mass is 9.94. The van der Waals surface area contributed by atoms with E-state index in [1.165, 1.54) is 22.6 Å². The van der Waals surface area contributed by atoms with Gasteiger partial charge in [0.05, 0.1) is 5.56 Å². The third-order valence-corrected chi connectivity index (χ3v) is 4.86. The monoisotopic (exact) mass is 305 g/mol. The summed E-state index contributed by atoms with van der Waals surface area (Å²) in [4.78, 5) is 12.2. The van der Waals surface area contributed by atoms with E-state index in [2.05, 4.69) is 16.8 Å². The molecule has 1 heterocycles. The zero-order chi connectivity index (χ0) is 14.8. The zero-order valence-electron chi connectivity index (χ0n) is 11.4. The number of carbonyl (C=O) groups is 1. The van der Waals surface area contributed by atoms with E-state index in [0.717, 1.165) is 24.8 Å². The molecule has 3 nitrogen and oxygen atoms in total. The molecule has 1 unspecified atom stereocenters. The van der Waals surface area contributed by atoms with Crippen molar-refractivity contribution in [1.29, 1.82) is 0 Å². The highest BCUT2D eigenvalue weighted by Crippen LogP contribution is 2.33. The molecule has 0 fully saturated rings. The number of rotatable bonds is 4. The van der Waals surface area contributed by atoms with Gasteiger partial charge >= 0.3 is 5.97 Å². The first kappa shape index (κ1) is 14.2. The van der Waals surface area contributed by atoms with Gasteiger partial charge in [-0.25, -0.2) is 9.18 Å². The van der Waals surface area contributed by atoms with Gasteiger partial charge < -0.3 is 10.4 Å². The Hall–Kier alpha value is -1.72. The average Bonchev–Trinajstić information content (AvgIpc) is 2.93. The summed E-state index contributed by atoms with van der Waals surface area (Å²) >= 11 is 1.79. The first-order chi connectivity index (χ1) is 10.1. The molecule has 1 atom stereocenters. The Kier molecular flexibility index (Phi) is 4.03. The van der Waals surface area contributed by atoms with Crippen LogP contribution in [0.2, 0.25) is 0 Å². The number of carboxylic acids is 1. The van der Waals surface area contributed by atoms with Crippen molar-refractivity contribution in [1.82, 2.24) is 5.32 Å². The fourth-order valence-electron chi connectivity index (χ4n) is 2.78. The Labute approximate surface area is 126 Å². The minimum atomic E-state index is -1.23. The molecule has 21 heavy (non-hydrogen) atoms. The SMILES string of the molecule is O=C(O)c1ccc(CNC2CCCc3sccc32)cc1F. The van der Waals surface area contributed by atoms with Gasteiger partial charge in [-0.3, -0.25) is 0 Å². The number of fused-ring (bicyclic) bond motifs is 1. The van der Waals surface area contributed by atoms with Crippen LogP contribution in [0.3, 0.4) is 0 Å². The number of aryl methyl sites for hydroxylation is 1. The summed E-state index contributed by atoms with van der Waals surface area (Å²) in [6, 6.07) is 6.75. The van der Waals surface area contributed by atoms with E-state index in [0.29, 0.717) is 12.6 Å². The number of carboxylic acid groups (broad SMARTS) is 1. The molecular formula is C16H16FNO2S. The molecule has 3 rings (SSSR count). The molecule has 1 aromatic carbocycles. The topological polar surface area (TPSA) is 49.3 Å². The molecule has 0 saturated heterocycles. The van der Waals surface area contributed by atoms with E-state index in [9.17, 15) is 9.18 Å². The van der Waals surface area contributed by atoms with Crippen molar-refractivity contribution in [2.45, 2.75) is 31.8 Å². The quantitative estimate of drug-likeness (QED) is 0.904. The van der Waals surface area contributed by atoms with Crippen LogP contribution >= 0.6 is 11.3 Å². The van der Waals surface area contributed by atoms with Gasteiger partial charge in [0.25, 0.3) is 0 Å². The second kappa shape index (κ2) is 5.95. The second-order valence-corrected chi connectivity index (χ2v) is 6.24. The van der Waals surface area contributed by atoms with Gasteiger partial charge in [-0.05, 0) is 54.0 Å². The van der Waals surface area contributed by atoms with E-state index in [4.69, 9.17) is 5.11 Å². The first-order valence-electron chi connectivity index (χ1n) is 6.96. The van der Waals surface area contributed by atoms with Crippen molar-refractivity contribution in [3.63, 3.8) is 0 Å². The lowest BCUT2D eigenvalue weighted by molar-refractivity contribution is 0.0692. The van der Waals surface area contributed by atoms with Gasteiger partial charge in [-0.15, -0.1) is 11.3 Å². The van der Waals surface area contributed by atoms with Crippen LogP contribution in [0, 0.1) is 5.82 Å². The number of hydrogen-bond acceptors (Lipinski definition) is 3. The van der Waals surface area contributed by atoms with Gasteiger partial charge in [0.15, 0.2) is 0 Å². The molecule has 110 valence electrons. The largest absolute Gasteiger partial charge is 0.478 e. The lowest BCUT2D eigenvalue weighted by Gasteiger charge is -2.24. The van der Waals surface area contributed by atoms with Crippen molar-refractivity contribution in [2.75, 3.05) is 0 Å². The molecule has 0 radical (unpaired) electrons. The number of nitrogens with one attached hydrogen (secondary N) is 1. The van der Waals surface area contributed by atoms with Crippen LogP contribution in [0.25, 0.3) is 0 Å². The lowest BCUT2D eigenvalue weighted by Crippen LogP contribution is -2.24. The number of halogens is 1. The van der Waals surface area contributed by atoms with Crippen LogP contribution in [-0.4, -0.2) is 11.1 Å². The molecule has 5 heteroatoms. The van der Waals surface area contributed by atoms with Crippen molar-refractivity contribution >= 4 is 17.3 Å².